The largest absolute Gasteiger partial charge is 0.347 e. The van der Waals surface area contributed by atoms with Gasteiger partial charge in [0.2, 0.25) is 15.9 Å². The van der Waals surface area contributed by atoms with Crippen molar-refractivity contribution < 1.29 is 13.2 Å². The second-order valence-corrected chi connectivity index (χ2v) is 9.69. The summed E-state index contributed by atoms with van der Waals surface area (Å²) in [4.78, 5) is 13.0. The zero-order valence-corrected chi connectivity index (χ0v) is 18.0. The van der Waals surface area contributed by atoms with E-state index in [0.29, 0.717) is 5.02 Å². The number of halogens is 2. The number of fused-ring (bicyclic) bond motifs is 1. The van der Waals surface area contributed by atoms with Gasteiger partial charge >= 0.3 is 0 Å². The molecular formula is C20H22Cl2N2O3S. The maximum absolute atomic E-state index is 13.0. The molecule has 28 heavy (non-hydrogen) atoms. The monoisotopic (exact) mass is 440 g/mol. The normalized spacial score (nSPS) is 17.5. The van der Waals surface area contributed by atoms with E-state index in [1.165, 1.54) is 17.7 Å². The highest BCUT2D eigenvalue weighted by Gasteiger charge is 2.32. The minimum atomic E-state index is -3.77. The minimum Gasteiger partial charge on any atom is -0.347 e. The van der Waals surface area contributed by atoms with Crippen LogP contribution in [-0.2, 0) is 21.2 Å². The lowest BCUT2D eigenvalue weighted by molar-refractivity contribution is -0.122. The molecule has 1 N–H and O–H groups in total. The maximum Gasteiger partial charge on any atom is 0.244 e. The Hall–Kier alpha value is -1.76. The molecule has 0 aliphatic heterocycles. The van der Waals surface area contributed by atoms with Crippen molar-refractivity contribution in [2.45, 2.75) is 38.3 Å². The predicted octanol–water partition coefficient (Wildman–Crippen LogP) is 4.34. The summed E-state index contributed by atoms with van der Waals surface area (Å²) >= 11 is 12.2. The summed E-state index contributed by atoms with van der Waals surface area (Å²) in [5.41, 5.74) is 2.48. The first-order valence-corrected chi connectivity index (χ1v) is 11.6. The lowest BCUT2D eigenvalue weighted by Gasteiger charge is -2.32. The van der Waals surface area contributed by atoms with E-state index >= 15 is 0 Å². The van der Waals surface area contributed by atoms with Gasteiger partial charge in [-0.2, -0.15) is 0 Å². The Morgan fingerprint density at radius 3 is 2.64 bits per heavy atom. The van der Waals surface area contributed by atoms with Gasteiger partial charge in [-0.05, 0) is 55.5 Å². The molecule has 0 saturated heterocycles. The smallest absolute Gasteiger partial charge is 0.244 e. The fraction of sp³-hybridized carbons (Fsp3) is 0.350. The second kappa shape index (κ2) is 8.31. The zero-order chi connectivity index (χ0) is 20.5. The number of benzene rings is 2. The molecule has 1 aliphatic carbocycles. The lowest BCUT2D eigenvalue weighted by Crippen LogP contribution is -2.49. The first-order valence-electron chi connectivity index (χ1n) is 9.01. The van der Waals surface area contributed by atoms with Gasteiger partial charge in [-0.25, -0.2) is 8.42 Å². The lowest BCUT2D eigenvalue weighted by atomic mass is 9.87. The van der Waals surface area contributed by atoms with Crippen LogP contribution in [0, 0.1) is 0 Å². The van der Waals surface area contributed by atoms with Crippen LogP contribution in [0.3, 0.4) is 0 Å². The number of nitrogens with zero attached hydrogens (tertiary/aromatic N) is 1. The molecule has 0 saturated carbocycles. The van der Waals surface area contributed by atoms with E-state index in [-0.39, 0.29) is 22.7 Å². The summed E-state index contributed by atoms with van der Waals surface area (Å²) in [6.45, 7) is 1.54. The van der Waals surface area contributed by atoms with E-state index in [4.69, 9.17) is 23.2 Å². The third-order valence-corrected chi connectivity index (χ3v) is 6.70. The van der Waals surface area contributed by atoms with Crippen molar-refractivity contribution in [1.82, 2.24) is 5.32 Å². The van der Waals surface area contributed by atoms with Gasteiger partial charge in [0, 0.05) is 5.02 Å². The van der Waals surface area contributed by atoms with Gasteiger partial charge in [-0.3, -0.25) is 9.10 Å². The van der Waals surface area contributed by atoms with E-state index < -0.39 is 16.1 Å². The van der Waals surface area contributed by atoms with Crippen molar-refractivity contribution in [3.63, 3.8) is 0 Å². The van der Waals surface area contributed by atoms with Gasteiger partial charge in [0.1, 0.15) is 6.04 Å². The molecule has 2 aromatic carbocycles. The van der Waals surface area contributed by atoms with Crippen LogP contribution >= 0.6 is 23.2 Å². The quantitative estimate of drug-likeness (QED) is 0.751. The molecule has 3 rings (SSSR count). The molecule has 1 amide bonds. The van der Waals surface area contributed by atoms with Gasteiger partial charge in [0.25, 0.3) is 0 Å². The number of hydrogen-bond acceptors (Lipinski definition) is 3. The van der Waals surface area contributed by atoms with Crippen molar-refractivity contribution in [3.05, 3.63) is 63.6 Å². The number of rotatable bonds is 5. The minimum absolute atomic E-state index is 0.142. The SMILES string of the molecule is C[C@H](C(=O)N[C@@H]1CCCc2ccccc21)N(c1cc(Cl)ccc1Cl)S(C)(=O)=O. The summed E-state index contributed by atoms with van der Waals surface area (Å²) in [6, 6.07) is 11.4. The molecule has 8 heteroatoms. The highest BCUT2D eigenvalue weighted by Crippen LogP contribution is 2.33. The highest BCUT2D eigenvalue weighted by atomic mass is 35.5. The maximum atomic E-state index is 13.0. The number of carbonyl (C=O) groups excluding carboxylic acids is 1. The van der Waals surface area contributed by atoms with Gasteiger partial charge in [0.05, 0.1) is 23.0 Å². The summed E-state index contributed by atoms with van der Waals surface area (Å²) in [7, 11) is -3.77. The summed E-state index contributed by atoms with van der Waals surface area (Å²) in [5.74, 6) is -0.386. The molecule has 2 aromatic rings. The molecule has 0 unspecified atom stereocenters. The van der Waals surface area contributed by atoms with Crippen molar-refractivity contribution in [2.75, 3.05) is 10.6 Å². The third-order valence-electron chi connectivity index (χ3n) is 4.92. The summed E-state index contributed by atoms with van der Waals surface area (Å²) < 4.78 is 26.0. The van der Waals surface area contributed by atoms with Crippen LogP contribution in [0.15, 0.2) is 42.5 Å². The highest BCUT2D eigenvalue weighted by molar-refractivity contribution is 7.92. The predicted molar refractivity (Wildman–Crippen MR) is 114 cm³/mol. The Labute approximate surface area is 175 Å². The van der Waals surface area contributed by atoms with Crippen LogP contribution in [0.2, 0.25) is 10.0 Å². The van der Waals surface area contributed by atoms with E-state index in [2.05, 4.69) is 11.4 Å². The molecule has 0 fully saturated rings. The Bertz CT molecular complexity index is 995. The van der Waals surface area contributed by atoms with Crippen molar-refractivity contribution in [1.29, 1.82) is 0 Å². The average Bonchev–Trinajstić information content (AvgIpc) is 2.64. The number of carbonyl (C=O) groups is 1. The van der Waals surface area contributed by atoms with Crippen LogP contribution < -0.4 is 9.62 Å². The van der Waals surface area contributed by atoms with Gasteiger partial charge in [0.15, 0.2) is 0 Å². The number of sulfonamides is 1. The first-order chi connectivity index (χ1) is 13.2. The number of amides is 1. The molecule has 2 atom stereocenters. The molecule has 0 heterocycles. The van der Waals surface area contributed by atoms with Crippen molar-refractivity contribution in [2.24, 2.45) is 0 Å². The van der Waals surface area contributed by atoms with E-state index in [1.54, 1.807) is 13.0 Å². The molecule has 5 nitrogen and oxygen atoms in total. The first kappa shape index (κ1) is 21.0. The molecule has 0 spiro atoms. The van der Waals surface area contributed by atoms with Gasteiger partial charge in [-0.1, -0.05) is 47.5 Å². The summed E-state index contributed by atoms with van der Waals surface area (Å²) in [5, 5.41) is 3.55. The third kappa shape index (κ3) is 4.45. The van der Waals surface area contributed by atoms with Crippen molar-refractivity contribution >= 4 is 44.8 Å². The van der Waals surface area contributed by atoms with E-state index in [0.717, 1.165) is 35.4 Å². The van der Waals surface area contributed by atoms with Crippen LogP contribution in [0.4, 0.5) is 5.69 Å². The molecule has 1 aliphatic rings. The Kier molecular flexibility index (Phi) is 6.22. The molecular weight excluding hydrogens is 419 g/mol. The second-order valence-electron chi connectivity index (χ2n) is 6.98. The fourth-order valence-electron chi connectivity index (χ4n) is 3.63. The van der Waals surface area contributed by atoms with Crippen LogP contribution in [0.5, 0.6) is 0 Å². The fourth-order valence-corrected chi connectivity index (χ4v) is 5.24. The van der Waals surface area contributed by atoms with Crippen LogP contribution in [-0.4, -0.2) is 26.6 Å². The molecule has 150 valence electrons. The van der Waals surface area contributed by atoms with E-state index in [9.17, 15) is 13.2 Å². The van der Waals surface area contributed by atoms with Crippen molar-refractivity contribution in [3.8, 4) is 0 Å². The average molecular weight is 441 g/mol. The number of aryl methyl sites for hydroxylation is 1. The molecule has 0 radical (unpaired) electrons. The topological polar surface area (TPSA) is 66.5 Å². The molecule has 0 bridgehead atoms. The zero-order valence-electron chi connectivity index (χ0n) is 15.7. The van der Waals surface area contributed by atoms with Gasteiger partial charge in [-0.15, -0.1) is 0 Å². The van der Waals surface area contributed by atoms with Gasteiger partial charge < -0.3 is 5.32 Å². The van der Waals surface area contributed by atoms with Crippen LogP contribution in [0.25, 0.3) is 0 Å². The molecule has 0 aromatic heterocycles. The number of anilines is 1. The number of nitrogens with one attached hydrogen (secondary N) is 1. The number of hydrogen-bond donors (Lipinski definition) is 1. The summed E-state index contributed by atoms with van der Waals surface area (Å²) in [6.07, 6.45) is 3.80. The standard InChI is InChI=1S/C20H22Cl2N2O3S/c1-13(24(28(2,26)27)19-12-15(21)10-11-17(19)22)20(25)23-18-9-5-7-14-6-3-4-8-16(14)18/h3-4,6,8,10-13,18H,5,7,9H2,1-2H3,(H,23,25)/t13-,18-/m1/s1. The van der Waals surface area contributed by atoms with E-state index in [1.807, 2.05) is 18.2 Å². The Morgan fingerprint density at radius 2 is 1.93 bits per heavy atom. The Morgan fingerprint density at radius 1 is 1.21 bits per heavy atom. The van der Waals surface area contributed by atoms with Crippen LogP contribution in [0.1, 0.15) is 36.9 Å². The Balaban J connectivity index is 1.89.